The van der Waals surface area contributed by atoms with Crippen molar-refractivity contribution in [2.24, 2.45) is 5.41 Å². The molecule has 3 heteroatoms. The fourth-order valence-corrected chi connectivity index (χ4v) is 3.34. The van der Waals surface area contributed by atoms with Gasteiger partial charge in [0.1, 0.15) is 0 Å². The Hall–Kier alpha value is 0.140. The molecule has 1 fully saturated rings. The summed E-state index contributed by atoms with van der Waals surface area (Å²) in [6, 6.07) is 2.23. The molecule has 78 valence electrons. The van der Waals surface area contributed by atoms with E-state index >= 15 is 0 Å². The maximum Gasteiger partial charge on any atom is 0.0533 e. The van der Waals surface area contributed by atoms with Crippen molar-refractivity contribution in [1.82, 2.24) is 0 Å². The fourth-order valence-electron chi connectivity index (χ4n) is 2.03. The van der Waals surface area contributed by atoms with Crippen LogP contribution in [0.25, 0.3) is 0 Å². The summed E-state index contributed by atoms with van der Waals surface area (Å²) in [5, 5.41) is 5.45. The van der Waals surface area contributed by atoms with E-state index in [0.29, 0.717) is 5.41 Å². The lowest BCUT2D eigenvalue weighted by Gasteiger charge is -2.35. The van der Waals surface area contributed by atoms with Gasteiger partial charge in [0.05, 0.1) is 6.61 Å². The SMILES string of the molecule is BrCC1(Cc2ccsc2)CCCOC1. The smallest absolute Gasteiger partial charge is 0.0533 e. The lowest BCUT2D eigenvalue weighted by atomic mass is 9.80. The first-order valence-corrected chi connectivity index (χ1v) is 7.06. The molecule has 1 atom stereocenters. The van der Waals surface area contributed by atoms with E-state index in [0.717, 1.165) is 25.0 Å². The van der Waals surface area contributed by atoms with Gasteiger partial charge in [0.2, 0.25) is 0 Å². The number of ether oxygens (including phenoxy) is 1. The van der Waals surface area contributed by atoms with Crippen LogP contribution in [0.5, 0.6) is 0 Å². The zero-order valence-corrected chi connectivity index (χ0v) is 10.6. The van der Waals surface area contributed by atoms with Gasteiger partial charge in [-0.05, 0) is 41.7 Å². The van der Waals surface area contributed by atoms with Gasteiger partial charge in [-0.15, -0.1) is 0 Å². The van der Waals surface area contributed by atoms with Gasteiger partial charge in [0.15, 0.2) is 0 Å². The first kappa shape index (κ1) is 10.7. The minimum Gasteiger partial charge on any atom is -0.381 e. The summed E-state index contributed by atoms with van der Waals surface area (Å²) >= 11 is 5.42. The molecule has 1 aliphatic rings. The topological polar surface area (TPSA) is 9.23 Å². The summed E-state index contributed by atoms with van der Waals surface area (Å²) in [5.41, 5.74) is 1.80. The maximum absolute atomic E-state index is 5.60. The summed E-state index contributed by atoms with van der Waals surface area (Å²) in [4.78, 5) is 0. The Bertz CT molecular complexity index is 265. The van der Waals surface area contributed by atoms with Crippen LogP contribution in [0.1, 0.15) is 18.4 Å². The number of halogens is 1. The molecule has 1 nitrogen and oxygen atoms in total. The van der Waals surface area contributed by atoms with Crippen molar-refractivity contribution in [3.63, 3.8) is 0 Å². The molecule has 1 aromatic rings. The van der Waals surface area contributed by atoms with Gasteiger partial charge in [0.25, 0.3) is 0 Å². The summed E-state index contributed by atoms with van der Waals surface area (Å²) in [6.45, 7) is 1.85. The first-order chi connectivity index (χ1) is 6.85. The second kappa shape index (κ2) is 4.77. The monoisotopic (exact) mass is 274 g/mol. The average molecular weight is 275 g/mol. The van der Waals surface area contributed by atoms with Gasteiger partial charge in [-0.1, -0.05) is 15.9 Å². The highest BCUT2D eigenvalue weighted by Gasteiger charge is 2.31. The van der Waals surface area contributed by atoms with Gasteiger partial charge in [-0.25, -0.2) is 0 Å². The van der Waals surface area contributed by atoms with Crippen LogP contribution in [0, 0.1) is 5.41 Å². The minimum atomic E-state index is 0.347. The average Bonchev–Trinajstić information content (AvgIpc) is 2.72. The molecule has 0 saturated carbocycles. The van der Waals surface area contributed by atoms with E-state index < -0.39 is 0 Å². The molecule has 0 spiro atoms. The summed E-state index contributed by atoms with van der Waals surface area (Å²) in [5.74, 6) is 0. The second-order valence-corrected chi connectivity index (χ2v) is 5.44. The van der Waals surface area contributed by atoms with Gasteiger partial charge >= 0.3 is 0 Å². The molecule has 2 heterocycles. The van der Waals surface area contributed by atoms with E-state index in [1.807, 2.05) is 0 Å². The lowest BCUT2D eigenvalue weighted by Crippen LogP contribution is -2.35. The molecular weight excluding hydrogens is 260 g/mol. The van der Waals surface area contributed by atoms with Crippen LogP contribution in [-0.2, 0) is 11.2 Å². The normalized spacial score (nSPS) is 27.8. The van der Waals surface area contributed by atoms with Gasteiger partial charge in [-0.3, -0.25) is 0 Å². The molecule has 0 bridgehead atoms. The molecule has 1 aliphatic heterocycles. The predicted molar refractivity (Wildman–Crippen MR) is 64.3 cm³/mol. The Morgan fingerprint density at radius 1 is 1.57 bits per heavy atom. The third-order valence-electron chi connectivity index (χ3n) is 2.85. The van der Waals surface area contributed by atoms with E-state index in [1.165, 1.54) is 18.4 Å². The Kier molecular flexibility index (Phi) is 3.63. The molecule has 1 saturated heterocycles. The first-order valence-electron chi connectivity index (χ1n) is 4.99. The zero-order chi connectivity index (χ0) is 9.86. The fraction of sp³-hybridized carbons (Fsp3) is 0.636. The molecule has 2 rings (SSSR count). The van der Waals surface area contributed by atoms with Crippen LogP contribution in [-0.4, -0.2) is 18.5 Å². The summed E-state index contributed by atoms with van der Waals surface area (Å²) in [6.07, 6.45) is 3.64. The van der Waals surface area contributed by atoms with E-state index in [-0.39, 0.29) is 0 Å². The Morgan fingerprint density at radius 2 is 2.50 bits per heavy atom. The lowest BCUT2D eigenvalue weighted by molar-refractivity contribution is 0.00620. The van der Waals surface area contributed by atoms with Crippen LogP contribution < -0.4 is 0 Å². The number of thiophene rings is 1. The van der Waals surface area contributed by atoms with Crippen molar-refractivity contribution < 1.29 is 4.74 Å². The van der Waals surface area contributed by atoms with Crippen molar-refractivity contribution in [3.8, 4) is 0 Å². The van der Waals surface area contributed by atoms with E-state index in [9.17, 15) is 0 Å². The van der Waals surface area contributed by atoms with Crippen LogP contribution >= 0.6 is 27.3 Å². The van der Waals surface area contributed by atoms with Crippen molar-refractivity contribution in [2.45, 2.75) is 19.3 Å². The van der Waals surface area contributed by atoms with Crippen LogP contribution in [0.4, 0.5) is 0 Å². The van der Waals surface area contributed by atoms with Gasteiger partial charge in [-0.2, -0.15) is 11.3 Å². The predicted octanol–water partition coefficient (Wildman–Crippen LogP) is 3.48. The molecule has 1 unspecified atom stereocenters. The van der Waals surface area contributed by atoms with E-state index in [1.54, 1.807) is 11.3 Å². The molecule has 0 aromatic carbocycles. The van der Waals surface area contributed by atoms with E-state index in [2.05, 4.69) is 32.8 Å². The van der Waals surface area contributed by atoms with Crippen LogP contribution in [0.2, 0.25) is 0 Å². The molecular formula is C11H15BrOS. The maximum atomic E-state index is 5.60. The molecule has 0 amide bonds. The largest absolute Gasteiger partial charge is 0.381 e. The van der Waals surface area contributed by atoms with E-state index in [4.69, 9.17) is 4.74 Å². The zero-order valence-electron chi connectivity index (χ0n) is 8.17. The van der Waals surface area contributed by atoms with Crippen LogP contribution in [0.3, 0.4) is 0 Å². The molecule has 0 aliphatic carbocycles. The third kappa shape index (κ3) is 2.38. The van der Waals surface area contributed by atoms with Crippen LogP contribution in [0.15, 0.2) is 16.8 Å². The quantitative estimate of drug-likeness (QED) is 0.767. The summed E-state index contributed by atoms with van der Waals surface area (Å²) in [7, 11) is 0. The third-order valence-corrected chi connectivity index (χ3v) is 4.77. The number of rotatable bonds is 3. The minimum absolute atomic E-state index is 0.347. The van der Waals surface area contributed by atoms with Crippen molar-refractivity contribution in [3.05, 3.63) is 22.4 Å². The number of alkyl halides is 1. The highest BCUT2D eigenvalue weighted by atomic mass is 79.9. The standard InChI is InChI=1S/C11H15BrOS/c12-8-11(3-1-4-13-9-11)6-10-2-5-14-7-10/h2,5,7H,1,3-4,6,8-9H2. The Morgan fingerprint density at radius 3 is 3.07 bits per heavy atom. The van der Waals surface area contributed by atoms with Crippen molar-refractivity contribution in [2.75, 3.05) is 18.5 Å². The molecule has 0 radical (unpaired) electrons. The molecule has 0 N–H and O–H groups in total. The summed E-state index contributed by atoms with van der Waals surface area (Å²) < 4.78 is 5.60. The Labute approximate surface area is 97.6 Å². The van der Waals surface area contributed by atoms with Gasteiger partial charge < -0.3 is 4.74 Å². The highest BCUT2D eigenvalue weighted by molar-refractivity contribution is 9.09. The van der Waals surface area contributed by atoms with Gasteiger partial charge in [0, 0.05) is 17.4 Å². The highest BCUT2D eigenvalue weighted by Crippen LogP contribution is 2.34. The molecule has 1 aromatic heterocycles. The number of hydrogen-bond acceptors (Lipinski definition) is 2. The second-order valence-electron chi connectivity index (χ2n) is 4.10. The van der Waals surface area contributed by atoms with Crippen molar-refractivity contribution >= 4 is 27.3 Å². The van der Waals surface area contributed by atoms with Crippen molar-refractivity contribution in [1.29, 1.82) is 0 Å². The number of hydrogen-bond donors (Lipinski definition) is 0. The molecule has 14 heavy (non-hydrogen) atoms. The Balaban J connectivity index is 2.04.